The maximum absolute atomic E-state index is 11.6. The highest BCUT2D eigenvalue weighted by atomic mass is 16.5. The van der Waals surface area contributed by atoms with Crippen molar-refractivity contribution in [1.29, 1.82) is 0 Å². The Balaban J connectivity index is 2.77. The number of esters is 1. The summed E-state index contributed by atoms with van der Waals surface area (Å²) in [7, 11) is 1.28. The zero-order valence-electron chi connectivity index (χ0n) is 9.77. The summed E-state index contributed by atoms with van der Waals surface area (Å²) in [5.74, 6) is -0.827. The molecule has 92 valence electrons. The highest BCUT2D eigenvalue weighted by Gasteiger charge is 2.10. The lowest BCUT2D eigenvalue weighted by atomic mass is 10.1. The molecule has 0 aliphatic carbocycles. The molecule has 0 heterocycles. The van der Waals surface area contributed by atoms with Crippen LogP contribution in [0.4, 0.5) is 0 Å². The Hall–Kier alpha value is -1.88. The van der Waals surface area contributed by atoms with Crippen LogP contribution in [0.1, 0.15) is 27.6 Å². The van der Waals surface area contributed by atoms with E-state index in [4.69, 9.17) is 5.11 Å². The van der Waals surface area contributed by atoms with E-state index < -0.39 is 12.1 Å². The Morgan fingerprint density at radius 1 is 1.41 bits per heavy atom. The summed E-state index contributed by atoms with van der Waals surface area (Å²) >= 11 is 0. The second-order valence-electron chi connectivity index (χ2n) is 3.63. The molecule has 0 fully saturated rings. The van der Waals surface area contributed by atoms with E-state index in [-0.39, 0.29) is 12.5 Å². The molecule has 0 saturated carbocycles. The van der Waals surface area contributed by atoms with Crippen molar-refractivity contribution in [2.75, 3.05) is 13.7 Å². The average Bonchev–Trinajstić information content (AvgIpc) is 2.35. The third kappa shape index (κ3) is 3.88. The van der Waals surface area contributed by atoms with E-state index in [2.05, 4.69) is 10.1 Å². The van der Waals surface area contributed by atoms with Gasteiger partial charge in [0.1, 0.15) is 0 Å². The minimum atomic E-state index is -0.609. The van der Waals surface area contributed by atoms with Gasteiger partial charge in [-0.25, -0.2) is 4.79 Å². The van der Waals surface area contributed by atoms with Gasteiger partial charge >= 0.3 is 5.97 Å². The third-order valence-electron chi connectivity index (χ3n) is 2.10. The van der Waals surface area contributed by atoms with Gasteiger partial charge in [0, 0.05) is 12.1 Å². The van der Waals surface area contributed by atoms with Crippen LogP contribution in [0.2, 0.25) is 0 Å². The van der Waals surface area contributed by atoms with Gasteiger partial charge in [0.25, 0.3) is 5.91 Å². The third-order valence-corrected chi connectivity index (χ3v) is 2.10. The normalized spacial score (nSPS) is 11.7. The maximum atomic E-state index is 11.6. The first kappa shape index (κ1) is 13.2. The predicted molar refractivity (Wildman–Crippen MR) is 61.8 cm³/mol. The van der Waals surface area contributed by atoms with Crippen molar-refractivity contribution >= 4 is 11.9 Å². The molecule has 1 rings (SSSR count). The number of carbonyl (C=O) groups excluding carboxylic acids is 2. The fraction of sp³-hybridized carbons (Fsp3) is 0.333. The molecule has 5 heteroatoms. The number of hydrogen-bond acceptors (Lipinski definition) is 4. The van der Waals surface area contributed by atoms with E-state index >= 15 is 0 Å². The second kappa shape index (κ2) is 6.00. The molecule has 2 N–H and O–H groups in total. The van der Waals surface area contributed by atoms with Gasteiger partial charge in [-0.15, -0.1) is 0 Å². The van der Waals surface area contributed by atoms with Crippen LogP contribution in [-0.2, 0) is 4.74 Å². The van der Waals surface area contributed by atoms with E-state index in [0.717, 1.165) is 0 Å². The van der Waals surface area contributed by atoms with Crippen LogP contribution in [0.25, 0.3) is 0 Å². The summed E-state index contributed by atoms with van der Waals surface area (Å²) in [5.41, 5.74) is 0.672. The quantitative estimate of drug-likeness (QED) is 0.751. The average molecular weight is 237 g/mol. The topological polar surface area (TPSA) is 75.6 Å². The lowest BCUT2D eigenvalue weighted by Gasteiger charge is -2.07. The molecule has 1 aromatic rings. The highest BCUT2D eigenvalue weighted by molar-refractivity contribution is 5.97. The number of methoxy groups -OCH3 is 1. The number of hydrogen-bond donors (Lipinski definition) is 2. The van der Waals surface area contributed by atoms with Crippen LogP contribution in [0, 0.1) is 0 Å². The van der Waals surface area contributed by atoms with Gasteiger partial charge in [-0.05, 0) is 25.1 Å². The molecule has 0 aliphatic heterocycles. The van der Waals surface area contributed by atoms with E-state index in [0.29, 0.717) is 11.1 Å². The molecule has 0 radical (unpaired) electrons. The van der Waals surface area contributed by atoms with Gasteiger partial charge in [-0.2, -0.15) is 0 Å². The lowest BCUT2D eigenvalue weighted by molar-refractivity contribution is 0.0600. The number of nitrogens with one attached hydrogen (secondary N) is 1. The first-order valence-electron chi connectivity index (χ1n) is 5.19. The standard InChI is InChI=1S/C12H15NO4/c1-8(14)7-13-11(15)9-4-3-5-10(6-9)12(16)17-2/h3-6,8,14H,7H2,1-2H3,(H,13,15). The Morgan fingerprint density at radius 3 is 2.65 bits per heavy atom. The van der Waals surface area contributed by atoms with Crippen molar-refractivity contribution < 1.29 is 19.4 Å². The van der Waals surface area contributed by atoms with Crippen molar-refractivity contribution in [2.24, 2.45) is 0 Å². The zero-order chi connectivity index (χ0) is 12.8. The number of ether oxygens (including phenoxy) is 1. The minimum absolute atomic E-state index is 0.168. The molecule has 0 aliphatic rings. The SMILES string of the molecule is COC(=O)c1cccc(C(=O)NCC(C)O)c1. The molecule has 5 nitrogen and oxygen atoms in total. The Kier molecular flexibility index (Phi) is 4.66. The van der Waals surface area contributed by atoms with Gasteiger partial charge in [0.15, 0.2) is 0 Å². The largest absolute Gasteiger partial charge is 0.465 e. The monoisotopic (exact) mass is 237 g/mol. The van der Waals surface area contributed by atoms with Crippen LogP contribution in [0.15, 0.2) is 24.3 Å². The van der Waals surface area contributed by atoms with Crippen LogP contribution >= 0.6 is 0 Å². The first-order chi connectivity index (χ1) is 8.04. The number of carbonyl (C=O) groups is 2. The molecule has 1 aromatic carbocycles. The van der Waals surface area contributed by atoms with E-state index in [1.165, 1.54) is 13.2 Å². The fourth-order valence-electron chi connectivity index (χ4n) is 1.25. The van der Waals surface area contributed by atoms with E-state index in [1.807, 2.05) is 0 Å². The van der Waals surface area contributed by atoms with E-state index in [9.17, 15) is 9.59 Å². The number of amides is 1. The molecule has 1 atom stereocenters. The van der Waals surface area contributed by atoms with Crippen molar-refractivity contribution in [3.63, 3.8) is 0 Å². The number of aliphatic hydroxyl groups is 1. The predicted octanol–water partition coefficient (Wildman–Crippen LogP) is 0.584. The molecule has 0 aromatic heterocycles. The Labute approximate surface area is 99.4 Å². The zero-order valence-corrected chi connectivity index (χ0v) is 9.77. The first-order valence-corrected chi connectivity index (χ1v) is 5.19. The molecule has 0 spiro atoms. The highest BCUT2D eigenvalue weighted by Crippen LogP contribution is 2.06. The number of rotatable bonds is 4. The fourth-order valence-corrected chi connectivity index (χ4v) is 1.25. The van der Waals surface area contributed by atoms with Crippen molar-refractivity contribution in [1.82, 2.24) is 5.32 Å². The smallest absolute Gasteiger partial charge is 0.337 e. The maximum Gasteiger partial charge on any atom is 0.337 e. The number of benzene rings is 1. The molecule has 1 amide bonds. The Morgan fingerprint density at radius 2 is 2.06 bits per heavy atom. The molecule has 0 saturated heterocycles. The van der Waals surface area contributed by atoms with E-state index in [1.54, 1.807) is 25.1 Å². The van der Waals surface area contributed by atoms with Crippen LogP contribution in [-0.4, -0.2) is 36.7 Å². The van der Waals surface area contributed by atoms with Gasteiger partial charge in [-0.1, -0.05) is 6.07 Å². The summed E-state index contributed by atoms with van der Waals surface area (Å²) in [6, 6.07) is 6.20. The second-order valence-corrected chi connectivity index (χ2v) is 3.63. The van der Waals surface area contributed by atoms with Gasteiger partial charge in [-0.3, -0.25) is 4.79 Å². The molecular weight excluding hydrogens is 222 g/mol. The van der Waals surface area contributed by atoms with Gasteiger partial charge in [0.05, 0.1) is 18.8 Å². The summed E-state index contributed by atoms with van der Waals surface area (Å²) in [6.07, 6.45) is -0.609. The lowest BCUT2D eigenvalue weighted by Crippen LogP contribution is -2.30. The summed E-state index contributed by atoms with van der Waals surface area (Å²) in [5, 5.41) is 11.6. The van der Waals surface area contributed by atoms with Crippen LogP contribution in [0.5, 0.6) is 0 Å². The summed E-state index contributed by atoms with van der Waals surface area (Å²) in [4.78, 5) is 22.9. The van der Waals surface area contributed by atoms with Gasteiger partial charge < -0.3 is 15.2 Å². The molecule has 1 unspecified atom stereocenters. The van der Waals surface area contributed by atoms with Crippen LogP contribution in [0.3, 0.4) is 0 Å². The molecular formula is C12H15NO4. The Bertz CT molecular complexity index is 415. The summed E-state index contributed by atoms with van der Waals surface area (Å²) < 4.78 is 4.56. The summed E-state index contributed by atoms with van der Waals surface area (Å²) in [6.45, 7) is 1.74. The number of aliphatic hydroxyl groups excluding tert-OH is 1. The molecule has 0 bridgehead atoms. The van der Waals surface area contributed by atoms with Crippen molar-refractivity contribution in [3.05, 3.63) is 35.4 Å². The molecule has 17 heavy (non-hydrogen) atoms. The van der Waals surface area contributed by atoms with Crippen molar-refractivity contribution in [3.8, 4) is 0 Å². The minimum Gasteiger partial charge on any atom is -0.465 e. The van der Waals surface area contributed by atoms with Gasteiger partial charge in [0.2, 0.25) is 0 Å². The van der Waals surface area contributed by atoms with Crippen LogP contribution < -0.4 is 5.32 Å². The van der Waals surface area contributed by atoms with Crippen molar-refractivity contribution in [2.45, 2.75) is 13.0 Å².